The van der Waals surface area contributed by atoms with Crippen LogP contribution in [0.1, 0.15) is 12.0 Å². The largest absolute Gasteiger partial charge is 0.496 e. The number of anilines is 1. The van der Waals surface area contributed by atoms with E-state index in [1.165, 1.54) is 5.69 Å². The van der Waals surface area contributed by atoms with Crippen LogP contribution < -0.4 is 20.3 Å². The molecular formula is C20H26ClIN4O. The zero-order chi connectivity index (χ0) is 18.4. The first-order valence-corrected chi connectivity index (χ1v) is 9.17. The van der Waals surface area contributed by atoms with Gasteiger partial charge in [0.2, 0.25) is 0 Å². The number of ether oxygens (including phenoxy) is 1. The van der Waals surface area contributed by atoms with Crippen LogP contribution in [0.15, 0.2) is 53.5 Å². The van der Waals surface area contributed by atoms with Crippen molar-refractivity contribution in [2.24, 2.45) is 4.99 Å². The number of nitrogens with one attached hydrogen (secondary N) is 2. The van der Waals surface area contributed by atoms with Gasteiger partial charge in [-0.05, 0) is 30.7 Å². The lowest BCUT2D eigenvalue weighted by Gasteiger charge is -2.21. The molecule has 0 spiro atoms. The fourth-order valence-electron chi connectivity index (χ4n) is 3.20. The minimum atomic E-state index is 0. The fraction of sp³-hybridized carbons (Fsp3) is 0.350. The molecule has 1 saturated heterocycles. The summed E-state index contributed by atoms with van der Waals surface area (Å²) in [6, 6.07) is 16.4. The molecule has 1 aliphatic heterocycles. The van der Waals surface area contributed by atoms with Crippen LogP contribution in [0.4, 0.5) is 5.69 Å². The van der Waals surface area contributed by atoms with Gasteiger partial charge >= 0.3 is 0 Å². The number of hydrogen-bond donors (Lipinski definition) is 2. The Labute approximate surface area is 183 Å². The summed E-state index contributed by atoms with van der Waals surface area (Å²) in [4.78, 5) is 6.69. The topological polar surface area (TPSA) is 48.9 Å². The third-order valence-electron chi connectivity index (χ3n) is 4.56. The smallest absolute Gasteiger partial charge is 0.191 e. The van der Waals surface area contributed by atoms with Gasteiger partial charge in [-0.25, -0.2) is 0 Å². The molecule has 1 heterocycles. The van der Waals surface area contributed by atoms with Crippen molar-refractivity contribution >= 4 is 47.2 Å². The highest BCUT2D eigenvalue weighted by molar-refractivity contribution is 14.0. The molecule has 0 radical (unpaired) electrons. The number of nitrogens with zero attached hydrogens (tertiary/aromatic N) is 2. The second-order valence-electron chi connectivity index (χ2n) is 6.29. The molecular weight excluding hydrogens is 475 g/mol. The number of guanidine groups is 1. The average Bonchev–Trinajstić information content (AvgIpc) is 3.14. The molecule has 27 heavy (non-hydrogen) atoms. The molecule has 1 unspecified atom stereocenters. The predicted molar refractivity (Wildman–Crippen MR) is 124 cm³/mol. The van der Waals surface area contributed by atoms with E-state index in [-0.39, 0.29) is 24.0 Å². The molecule has 1 atom stereocenters. The van der Waals surface area contributed by atoms with Crippen molar-refractivity contribution in [2.45, 2.75) is 19.0 Å². The summed E-state index contributed by atoms with van der Waals surface area (Å²) >= 11 is 6.11. The van der Waals surface area contributed by atoms with Gasteiger partial charge in [-0.15, -0.1) is 24.0 Å². The highest BCUT2D eigenvalue weighted by Gasteiger charge is 2.23. The number of rotatable bonds is 5. The van der Waals surface area contributed by atoms with Crippen molar-refractivity contribution < 1.29 is 4.74 Å². The van der Waals surface area contributed by atoms with Crippen LogP contribution in [0, 0.1) is 0 Å². The third kappa shape index (κ3) is 5.90. The lowest BCUT2D eigenvalue weighted by molar-refractivity contribution is 0.409. The summed E-state index contributed by atoms with van der Waals surface area (Å²) < 4.78 is 5.40. The average molecular weight is 501 g/mol. The molecule has 0 aliphatic carbocycles. The summed E-state index contributed by atoms with van der Waals surface area (Å²) in [5, 5.41) is 7.65. The van der Waals surface area contributed by atoms with Crippen LogP contribution in [-0.4, -0.2) is 39.2 Å². The maximum Gasteiger partial charge on any atom is 0.191 e. The third-order valence-corrected chi connectivity index (χ3v) is 4.80. The maximum absolute atomic E-state index is 6.11. The van der Waals surface area contributed by atoms with Crippen molar-refractivity contribution in [2.75, 3.05) is 32.1 Å². The molecule has 0 bridgehead atoms. The molecule has 1 fully saturated rings. The zero-order valence-electron chi connectivity index (χ0n) is 15.6. The predicted octanol–water partition coefficient (Wildman–Crippen LogP) is 3.91. The van der Waals surface area contributed by atoms with E-state index >= 15 is 0 Å². The summed E-state index contributed by atoms with van der Waals surface area (Å²) in [7, 11) is 3.48. The van der Waals surface area contributed by atoms with Crippen molar-refractivity contribution in [1.82, 2.24) is 10.6 Å². The SMILES string of the molecule is CN=C(NCc1ccccc1OC)NC1CCN(c2cccc(Cl)c2)C1.I. The molecule has 0 amide bonds. The van der Waals surface area contributed by atoms with Gasteiger partial charge in [-0.3, -0.25) is 4.99 Å². The van der Waals surface area contributed by atoms with E-state index in [9.17, 15) is 0 Å². The molecule has 5 nitrogen and oxygen atoms in total. The first-order valence-electron chi connectivity index (χ1n) is 8.79. The summed E-state index contributed by atoms with van der Waals surface area (Å²) in [5.74, 6) is 1.68. The van der Waals surface area contributed by atoms with E-state index in [0.29, 0.717) is 12.6 Å². The summed E-state index contributed by atoms with van der Waals surface area (Å²) in [6.45, 7) is 2.59. The minimum absolute atomic E-state index is 0. The van der Waals surface area contributed by atoms with E-state index in [4.69, 9.17) is 16.3 Å². The maximum atomic E-state index is 6.11. The quantitative estimate of drug-likeness (QED) is 0.371. The molecule has 7 heteroatoms. The number of hydrogen-bond acceptors (Lipinski definition) is 3. The van der Waals surface area contributed by atoms with Gasteiger partial charge in [-0.2, -0.15) is 0 Å². The van der Waals surface area contributed by atoms with E-state index in [1.807, 2.05) is 36.4 Å². The van der Waals surface area contributed by atoms with Gasteiger partial charge in [0.05, 0.1) is 7.11 Å². The van der Waals surface area contributed by atoms with E-state index < -0.39 is 0 Å². The first-order chi connectivity index (χ1) is 12.7. The highest BCUT2D eigenvalue weighted by atomic mass is 127. The van der Waals surface area contributed by atoms with Crippen molar-refractivity contribution in [3.8, 4) is 5.75 Å². The van der Waals surface area contributed by atoms with Gasteiger partial charge < -0.3 is 20.3 Å². The Balaban J connectivity index is 0.00000261. The van der Waals surface area contributed by atoms with Gasteiger partial charge in [0, 0.05) is 49.0 Å². The molecule has 2 N–H and O–H groups in total. The van der Waals surface area contributed by atoms with Crippen molar-refractivity contribution in [3.63, 3.8) is 0 Å². The summed E-state index contributed by atoms with van der Waals surface area (Å²) in [5.41, 5.74) is 2.27. The molecule has 3 rings (SSSR count). The Morgan fingerprint density at radius 1 is 1.26 bits per heavy atom. The Kier molecular flexibility index (Phi) is 8.50. The van der Waals surface area contributed by atoms with Crippen LogP contribution in [-0.2, 0) is 6.54 Å². The molecule has 0 aromatic heterocycles. The standard InChI is InChI=1S/C20H25ClN4O.HI/c1-22-20(23-13-15-6-3-4-9-19(15)26-2)24-17-10-11-25(14-17)18-8-5-7-16(21)12-18;/h3-9,12,17H,10-11,13-14H2,1-2H3,(H2,22,23,24);1H. The molecule has 2 aromatic carbocycles. The van der Waals surface area contributed by atoms with Crippen LogP contribution in [0.2, 0.25) is 5.02 Å². The van der Waals surface area contributed by atoms with Gasteiger partial charge in [-0.1, -0.05) is 35.9 Å². The highest BCUT2D eigenvalue weighted by Crippen LogP contribution is 2.23. The molecule has 146 valence electrons. The molecule has 0 saturated carbocycles. The van der Waals surface area contributed by atoms with Crippen molar-refractivity contribution in [1.29, 1.82) is 0 Å². The van der Waals surface area contributed by atoms with E-state index in [0.717, 1.165) is 41.8 Å². The second kappa shape index (κ2) is 10.6. The molecule has 2 aromatic rings. The van der Waals surface area contributed by atoms with Crippen LogP contribution in [0.5, 0.6) is 5.75 Å². The zero-order valence-corrected chi connectivity index (χ0v) is 18.7. The number of benzene rings is 2. The lowest BCUT2D eigenvalue weighted by atomic mass is 10.2. The lowest BCUT2D eigenvalue weighted by Crippen LogP contribution is -2.44. The Morgan fingerprint density at radius 3 is 2.81 bits per heavy atom. The molecule has 1 aliphatic rings. The van der Waals surface area contributed by atoms with Gasteiger partial charge in [0.15, 0.2) is 5.96 Å². The van der Waals surface area contributed by atoms with Gasteiger partial charge in [0.25, 0.3) is 0 Å². The van der Waals surface area contributed by atoms with Gasteiger partial charge in [0.1, 0.15) is 5.75 Å². The Hall–Kier alpha value is -1.67. The van der Waals surface area contributed by atoms with Crippen LogP contribution >= 0.6 is 35.6 Å². The summed E-state index contributed by atoms with van der Waals surface area (Å²) in [6.07, 6.45) is 1.06. The Bertz CT molecular complexity index is 771. The van der Waals surface area contributed by atoms with E-state index in [2.05, 4.69) is 32.7 Å². The normalized spacial score (nSPS) is 16.6. The first kappa shape index (κ1) is 21.6. The van der Waals surface area contributed by atoms with E-state index in [1.54, 1.807) is 14.2 Å². The monoisotopic (exact) mass is 500 g/mol. The minimum Gasteiger partial charge on any atom is -0.496 e. The number of aliphatic imine (C=N–C) groups is 1. The Morgan fingerprint density at radius 2 is 2.07 bits per heavy atom. The second-order valence-corrected chi connectivity index (χ2v) is 6.73. The van der Waals surface area contributed by atoms with Crippen molar-refractivity contribution in [3.05, 3.63) is 59.1 Å². The number of halogens is 2. The number of para-hydroxylation sites is 1. The number of methoxy groups -OCH3 is 1. The fourth-order valence-corrected chi connectivity index (χ4v) is 3.39. The van der Waals surface area contributed by atoms with Crippen LogP contribution in [0.25, 0.3) is 0 Å². The van der Waals surface area contributed by atoms with Crippen LogP contribution in [0.3, 0.4) is 0 Å².